The SMILES string of the molecule is CC.CCCc1cccc(C(C)C)c1. The van der Waals surface area contributed by atoms with E-state index in [2.05, 4.69) is 45.0 Å². The maximum Gasteiger partial charge on any atom is -0.0219 e. The van der Waals surface area contributed by atoms with Crippen molar-refractivity contribution in [2.45, 2.75) is 53.4 Å². The number of hydrogen-bond acceptors (Lipinski definition) is 0. The minimum absolute atomic E-state index is 0.654. The molecule has 0 aliphatic heterocycles. The van der Waals surface area contributed by atoms with E-state index in [0.29, 0.717) is 5.92 Å². The van der Waals surface area contributed by atoms with Gasteiger partial charge in [-0.2, -0.15) is 0 Å². The molecule has 0 saturated carbocycles. The molecule has 0 aromatic heterocycles. The second kappa shape index (κ2) is 7.61. The van der Waals surface area contributed by atoms with E-state index in [-0.39, 0.29) is 0 Å². The van der Waals surface area contributed by atoms with Crippen LogP contribution in [0.5, 0.6) is 0 Å². The fourth-order valence-corrected chi connectivity index (χ4v) is 1.40. The molecule has 0 saturated heterocycles. The average Bonchev–Trinajstić information content (AvgIpc) is 2.22. The molecular formula is C14H24. The first-order chi connectivity index (χ1) is 6.74. The fraction of sp³-hybridized carbons (Fsp3) is 0.571. The number of aryl methyl sites for hydroxylation is 1. The highest BCUT2D eigenvalue weighted by molar-refractivity contribution is 5.25. The summed E-state index contributed by atoms with van der Waals surface area (Å²) in [7, 11) is 0. The number of benzene rings is 1. The maximum absolute atomic E-state index is 2.33. The van der Waals surface area contributed by atoms with Crippen molar-refractivity contribution >= 4 is 0 Å². The van der Waals surface area contributed by atoms with E-state index in [9.17, 15) is 0 Å². The normalized spacial score (nSPS) is 9.57. The predicted octanol–water partition coefficient (Wildman–Crippen LogP) is 4.79. The van der Waals surface area contributed by atoms with Crippen LogP contribution < -0.4 is 0 Å². The summed E-state index contributed by atoms with van der Waals surface area (Å²) in [5.74, 6) is 0.654. The molecule has 0 aliphatic carbocycles. The van der Waals surface area contributed by atoms with Gasteiger partial charge in [0.2, 0.25) is 0 Å². The van der Waals surface area contributed by atoms with Crippen molar-refractivity contribution < 1.29 is 0 Å². The molecule has 0 N–H and O–H groups in total. The van der Waals surface area contributed by atoms with Gasteiger partial charge in [0.05, 0.1) is 0 Å². The zero-order valence-corrected chi connectivity index (χ0v) is 10.3. The van der Waals surface area contributed by atoms with Gasteiger partial charge in [-0.25, -0.2) is 0 Å². The molecule has 0 heterocycles. The van der Waals surface area contributed by atoms with Crippen molar-refractivity contribution in [2.75, 3.05) is 0 Å². The lowest BCUT2D eigenvalue weighted by Gasteiger charge is -2.06. The van der Waals surface area contributed by atoms with Crippen molar-refractivity contribution in [3.8, 4) is 0 Å². The molecule has 0 radical (unpaired) electrons. The van der Waals surface area contributed by atoms with Crippen LogP contribution in [-0.4, -0.2) is 0 Å². The van der Waals surface area contributed by atoms with Gasteiger partial charge in [-0.15, -0.1) is 0 Å². The standard InChI is InChI=1S/C12H18.C2H6/c1-4-6-11-7-5-8-12(9-11)10(2)3;1-2/h5,7-10H,4,6H2,1-3H3;1-2H3. The van der Waals surface area contributed by atoms with Gasteiger partial charge in [0.15, 0.2) is 0 Å². The highest BCUT2D eigenvalue weighted by atomic mass is 14.0. The summed E-state index contributed by atoms with van der Waals surface area (Å²) in [5, 5.41) is 0. The van der Waals surface area contributed by atoms with Crippen LogP contribution in [0.3, 0.4) is 0 Å². The van der Waals surface area contributed by atoms with Crippen LogP contribution in [0.15, 0.2) is 24.3 Å². The third-order valence-electron chi connectivity index (χ3n) is 2.16. The van der Waals surface area contributed by atoms with Crippen LogP contribution in [0.2, 0.25) is 0 Å². The highest BCUT2D eigenvalue weighted by Crippen LogP contribution is 2.16. The molecule has 1 aromatic carbocycles. The van der Waals surface area contributed by atoms with E-state index in [1.807, 2.05) is 13.8 Å². The summed E-state index contributed by atoms with van der Waals surface area (Å²) in [6.45, 7) is 10.7. The van der Waals surface area contributed by atoms with Crippen molar-refractivity contribution in [1.82, 2.24) is 0 Å². The van der Waals surface area contributed by atoms with Crippen LogP contribution in [0.1, 0.15) is 58.1 Å². The van der Waals surface area contributed by atoms with E-state index < -0.39 is 0 Å². The molecule has 14 heavy (non-hydrogen) atoms. The lowest BCUT2D eigenvalue weighted by molar-refractivity contribution is 0.854. The summed E-state index contributed by atoms with van der Waals surface area (Å²) in [5.41, 5.74) is 2.93. The Kier molecular flexibility index (Phi) is 7.18. The molecular weight excluding hydrogens is 168 g/mol. The Morgan fingerprint density at radius 3 is 2.29 bits per heavy atom. The van der Waals surface area contributed by atoms with E-state index in [4.69, 9.17) is 0 Å². The molecule has 0 aliphatic rings. The molecule has 0 unspecified atom stereocenters. The smallest absolute Gasteiger partial charge is 0.0219 e. The van der Waals surface area contributed by atoms with Crippen molar-refractivity contribution in [2.24, 2.45) is 0 Å². The maximum atomic E-state index is 2.33. The van der Waals surface area contributed by atoms with E-state index >= 15 is 0 Å². The quantitative estimate of drug-likeness (QED) is 0.646. The van der Waals surface area contributed by atoms with Crippen LogP contribution >= 0.6 is 0 Å². The molecule has 0 bridgehead atoms. The Hall–Kier alpha value is -0.780. The first-order valence-electron chi connectivity index (χ1n) is 5.83. The molecule has 1 rings (SSSR count). The summed E-state index contributed by atoms with van der Waals surface area (Å²) in [6, 6.07) is 8.92. The molecule has 1 aromatic rings. The van der Waals surface area contributed by atoms with Crippen LogP contribution in [-0.2, 0) is 6.42 Å². The third-order valence-corrected chi connectivity index (χ3v) is 2.16. The molecule has 0 spiro atoms. The molecule has 0 heteroatoms. The summed E-state index contributed by atoms with van der Waals surface area (Å²) in [6.07, 6.45) is 2.45. The molecule has 0 atom stereocenters. The third kappa shape index (κ3) is 4.45. The van der Waals surface area contributed by atoms with E-state index in [1.165, 1.54) is 24.0 Å². The average molecular weight is 192 g/mol. The highest BCUT2D eigenvalue weighted by Gasteiger charge is 1.98. The second-order valence-corrected chi connectivity index (χ2v) is 3.65. The molecule has 0 nitrogen and oxygen atoms in total. The van der Waals surface area contributed by atoms with Gasteiger partial charge in [0.1, 0.15) is 0 Å². The van der Waals surface area contributed by atoms with Gasteiger partial charge >= 0.3 is 0 Å². The van der Waals surface area contributed by atoms with Crippen LogP contribution in [0.25, 0.3) is 0 Å². The van der Waals surface area contributed by atoms with Gasteiger partial charge in [-0.1, -0.05) is 65.3 Å². The largest absolute Gasteiger partial charge is 0.0683 e. The van der Waals surface area contributed by atoms with Gasteiger partial charge < -0.3 is 0 Å². The predicted molar refractivity (Wildman–Crippen MR) is 65.9 cm³/mol. The summed E-state index contributed by atoms with van der Waals surface area (Å²) >= 11 is 0. The number of rotatable bonds is 3. The van der Waals surface area contributed by atoms with Crippen LogP contribution in [0.4, 0.5) is 0 Å². The molecule has 0 amide bonds. The van der Waals surface area contributed by atoms with Crippen molar-refractivity contribution in [1.29, 1.82) is 0 Å². The lowest BCUT2D eigenvalue weighted by atomic mass is 9.99. The van der Waals surface area contributed by atoms with Gasteiger partial charge in [0, 0.05) is 0 Å². The Bertz CT molecular complexity index is 236. The Labute approximate surface area is 89.4 Å². The summed E-state index contributed by atoms with van der Waals surface area (Å²) in [4.78, 5) is 0. The molecule has 80 valence electrons. The molecule has 0 fully saturated rings. The van der Waals surface area contributed by atoms with Crippen LogP contribution in [0, 0.1) is 0 Å². The van der Waals surface area contributed by atoms with E-state index in [0.717, 1.165) is 0 Å². The van der Waals surface area contributed by atoms with E-state index in [1.54, 1.807) is 0 Å². The first kappa shape index (κ1) is 13.2. The summed E-state index contributed by atoms with van der Waals surface area (Å²) < 4.78 is 0. The fourth-order valence-electron chi connectivity index (χ4n) is 1.40. The Morgan fingerprint density at radius 2 is 1.79 bits per heavy atom. The number of hydrogen-bond donors (Lipinski definition) is 0. The zero-order chi connectivity index (χ0) is 11.0. The minimum atomic E-state index is 0.654. The lowest BCUT2D eigenvalue weighted by Crippen LogP contribution is -1.89. The zero-order valence-electron chi connectivity index (χ0n) is 10.3. The monoisotopic (exact) mass is 192 g/mol. The minimum Gasteiger partial charge on any atom is -0.0683 e. The van der Waals surface area contributed by atoms with Crippen molar-refractivity contribution in [3.63, 3.8) is 0 Å². The van der Waals surface area contributed by atoms with Crippen molar-refractivity contribution in [3.05, 3.63) is 35.4 Å². The first-order valence-corrected chi connectivity index (χ1v) is 5.83. The van der Waals surface area contributed by atoms with Gasteiger partial charge in [-0.3, -0.25) is 0 Å². The van der Waals surface area contributed by atoms with Gasteiger partial charge in [-0.05, 0) is 23.5 Å². The topological polar surface area (TPSA) is 0 Å². The van der Waals surface area contributed by atoms with Gasteiger partial charge in [0.25, 0.3) is 0 Å². The Morgan fingerprint density at radius 1 is 1.14 bits per heavy atom. The Balaban J connectivity index is 0.000000791. The second-order valence-electron chi connectivity index (χ2n) is 3.65.